The molecule has 0 radical (unpaired) electrons. The Morgan fingerprint density at radius 1 is 1.21 bits per heavy atom. The number of carbonyl (C=O) groups is 2. The molecule has 0 aliphatic heterocycles. The molecular formula is C12H15Cl2N3O2. The van der Waals surface area contributed by atoms with Crippen LogP contribution in [0.15, 0.2) is 18.2 Å². The molecule has 104 valence electrons. The minimum atomic E-state index is -0.366. The van der Waals surface area contributed by atoms with Gasteiger partial charge in [0.1, 0.15) is 5.88 Å². The third-order valence-electron chi connectivity index (χ3n) is 2.25. The molecular weight excluding hydrogens is 289 g/mol. The molecule has 1 aromatic rings. The zero-order valence-electron chi connectivity index (χ0n) is 10.2. The van der Waals surface area contributed by atoms with Crippen molar-refractivity contribution in [2.45, 2.75) is 12.8 Å². The second kappa shape index (κ2) is 7.99. The highest BCUT2D eigenvalue weighted by molar-refractivity contribution is 6.34. The molecule has 1 rings (SSSR count). The molecule has 0 bridgehead atoms. The Bertz CT molecular complexity index is 466. The predicted octanol–water partition coefficient (Wildman–Crippen LogP) is 2.19. The summed E-state index contributed by atoms with van der Waals surface area (Å²) in [6.07, 6.45) is 0.970. The zero-order chi connectivity index (χ0) is 14.3. The molecule has 0 aromatic heterocycles. The van der Waals surface area contributed by atoms with Gasteiger partial charge in [-0.15, -0.1) is 11.6 Å². The van der Waals surface area contributed by atoms with Gasteiger partial charge in [-0.3, -0.25) is 9.59 Å². The van der Waals surface area contributed by atoms with E-state index < -0.39 is 0 Å². The molecule has 5 nitrogen and oxygen atoms in total. The van der Waals surface area contributed by atoms with Gasteiger partial charge < -0.3 is 16.4 Å². The van der Waals surface area contributed by atoms with Crippen LogP contribution in [0.5, 0.6) is 0 Å². The number of rotatable bonds is 6. The highest BCUT2D eigenvalue weighted by Gasteiger charge is 2.07. The third kappa shape index (κ3) is 5.46. The lowest BCUT2D eigenvalue weighted by atomic mass is 10.2. The molecule has 0 heterocycles. The van der Waals surface area contributed by atoms with Crippen molar-refractivity contribution in [1.82, 2.24) is 0 Å². The maximum Gasteiger partial charge on any atom is 0.239 e. The van der Waals surface area contributed by atoms with Crippen molar-refractivity contribution in [3.63, 3.8) is 0 Å². The summed E-state index contributed by atoms with van der Waals surface area (Å²) in [5.41, 5.74) is 6.29. The summed E-state index contributed by atoms with van der Waals surface area (Å²) in [5.74, 6) is -0.666. The number of nitrogens with one attached hydrogen (secondary N) is 2. The fourth-order valence-corrected chi connectivity index (χ4v) is 1.60. The van der Waals surface area contributed by atoms with Crippen LogP contribution < -0.4 is 16.4 Å². The Balaban J connectivity index is 2.72. The van der Waals surface area contributed by atoms with Crippen LogP contribution in [0, 0.1) is 0 Å². The molecule has 0 atom stereocenters. The van der Waals surface area contributed by atoms with E-state index in [1.54, 1.807) is 18.2 Å². The van der Waals surface area contributed by atoms with E-state index in [0.29, 0.717) is 35.8 Å². The van der Waals surface area contributed by atoms with Gasteiger partial charge in [0, 0.05) is 12.1 Å². The summed E-state index contributed by atoms with van der Waals surface area (Å²) < 4.78 is 0. The average molecular weight is 304 g/mol. The molecule has 0 saturated carbocycles. The lowest BCUT2D eigenvalue weighted by molar-refractivity contribution is -0.116. The Morgan fingerprint density at radius 2 is 1.95 bits per heavy atom. The zero-order valence-corrected chi connectivity index (χ0v) is 11.7. The van der Waals surface area contributed by atoms with E-state index in [1.807, 2.05) is 0 Å². The second-order valence-corrected chi connectivity index (χ2v) is 4.49. The molecule has 0 spiro atoms. The van der Waals surface area contributed by atoms with Gasteiger partial charge in [0.15, 0.2) is 0 Å². The van der Waals surface area contributed by atoms with E-state index in [9.17, 15) is 9.59 Å². The van der Waals surface area contributed by atoms with Crippen LogP contribution in [0.3, 0.4) is 0 Å². The van der Waals surface area contributed by atoms with Crippen molar-refractivity contribution < 1.29 is 9.59 Å². The first-order valence-corrected chi connectivity index (χ1v) is 6.63. The lowest BCUT2D eigenvalue weighted by Gasteiger charge is -2.09. The number of amides is 2. The summed E-state index contributed by atoms with van der Waals surface area (Å²) >= 11 is 11.3. The monoisotopic (exact) mass is 303 g/mol. The van der Waals surface area contributed by atoms with Gasteiger partial charge in [-0.2, -0.15) is 0 Å². The molecule has 2 amide bonds. The number of halogens is 2. The van der Waals surface area contributed by atoms with Crippen molar-refractivity contribution in [3.8, 4) is 0 Å². The van der Waals surface area contributed by atoms with Crippen LogP contribution in [0.2, 0.25) is 5.02 Å². The van der Waals surface area contributed by atoms with Gasteiger partial charge in [0.05, 0.1) is 10.7 Å². The van der Waals surface area contributed by atoms with Gasteiger partial charge >= 0.3 is 0 Å². The van der Waals surface area contributed by atoms with E-state index in [2.05, 4.69) is 10.6 Å². The topological polar surface area (TPSA) is 84.2 Å². The second-order valence-electron chi connectivity index (χ2n) is 3.82. The summed E-state index contributed by atoms with van der Waals surface area (Å²) in [6.45, 7) is 0.463. The Hall–Kier alpha value is -1.30. The molecule has 0 aliphatic carbocycles. The standard InChI is InChI=1S/C12H15Cl2N3O2/c13-7-12(19)17-10-6-8(3-4-9(10)14)16-11(18)2-1-5-15/h3-4,6H,1-2,5,7,15H2,(H,16,18)(H,17,19). The normalized spacial score (nSPS) is 10.1. The van der Waals surface area contributed by atoms with Gasteiger partial charge in [0.25, 0.3) is 0 Å². The highest BCUT2D eigenvalue weighted by Crippen LogP contribution is 2.25. The number of hydrogen-bond donors (Lipinski definition) is 3. The van der Waals surface area contributed by atoms with Gasteiger partial charge in [0.2, 0.25) is 11.8 Å². The Kier molecular flexibility index (Phi) is 6.62. The van der Waals surface area contributed by atoms with Crippen LogP contribution in [0.25, 0.3) is 0 Å². The molecule has 7 heteroatoms. The van der Waals surface area contributed by atoms with E-state index in [0.717, 1.165) is 0 Å². The van der Waals surface area contributed by atoms with E-state index in [1.165, 1.54) is 0 Å². The Morgan fingerprint density at radius 3 is 2.58 bits per heavy atom. The van der Waals surface area contributed by atoms with Gasteiger partial charge in [-0.05, 0) is 31.2 Å². The first kappa shape index (κ1) is 15.8. The molecule has 0 fully saturated rings. The van der Waals surface area contributed by atoms with Crippen molar-refractivity contribution in [1.29, 1.82) is 0 Å². The van der Waals surface area contributed by atoms with Crippen LogP contribution in [-0.2, 0) is 9.59 Å². The van der Waals surface area contributed by atoms with Crippen LogP contribution in [-0.4, -0.2) is 24.2 Å². The fourth-order valence-electron chi connectivity index (χ4n) is 1.37. The van der Waals surface area contributed by atoms with E-state index in [-0.39, 0.29) is 17.7 Å². The summed E-state index contributed by atoms with van der Waals surface area (Å²) in [4.78, 5) is 22.7. The molecule has 0 unspecified atom stereocenters. The number of benzene rings is 1. The molecule has 4 N–H and O–H groups in total. The summed E-state index contributed by atoms with van der Waals surface area (Å²) in [5, 5.41) is 5.61. The maximum atomic E-state index is 11.5. The lowest BCUT2D eigenvalue weighted by Crippen LogP contribution is -2.15. The minimum absolute atomic E-state index is 0.137. The Labute approximate surface area is 121 Å². The number of hydrogen-bond acceptors (Lipinski definition) is 3. The maximum absolute atomic E-state index is 11.5. The average Bonchev–Trinajstić information content (AvgIpc) is 2.40. The summed E-state index contributed by atoms with van der Waals surface area (Å²) in [6, 6.07) is 4.82. The molecule has 19 heavy (non-hydrogen) atoms. The van der Waals surface area contributed by atoms with Gasteiger partial charge in [-0.1, -0.05) is 11.6 Å². The van der Waals surface area contributed by atoms with Crippen molar-refractivity contribution in [2.24, 2.45) is 5.73 Å². The van der Waals surface area contributed by atoms with Crippen LogP contribution in [0.4, 0.5) is 11.4 Å². The SMILES string of the molecule is NCCCC(=O)Nc1ccc(Cl)c(NC(=O)CCl)c1. The predicted molar refractivity (Wildman–Crippen MR) is 77.7 cm³/mol. The first-order chi connectivity index (χ1) is 9.06. The highest BCUT2D eigenvalue weighted by atomic mass is 35.5. The first-order valence-electron chi connectivity index (χ1n) is 5.72. The fraction of sp³-hybridized carbons (Fsp3) is 0.333. The van der Waals surface area contributed by atoms with Crippen molar-refractivity contribution in [2.75, 3.05) is 23.1 Å². The van der Waals surface area contributed by atoms with Crippen LogP contribution in [0.1, 0.15) is 12.8 Å². The molecule has 0 aliphatic rings. The smallest absolute Gasteiger partial charge is 0.239 e. The van der Waals surface area contributed by atoms with Crippen LogP contribution >= 0.6 is 23.2 Å². The number of anilines is 2. The number of carbonyl (C=O) groups excluding carboxylic acids is 2. The number of alkyl halides is 1. The molecule has 0 saturated heterocycles. The van der Waals surface area contributed by atoms with Crippen molar-refractivity contribution >= 4 is 46.4 Å². The number of nitrogens with two attached hydrogens (primary N) is 1. The third-order valence-corrected chi connectivity index (χ3v) is 2.83. The largest absolute Gasteiger partial charge is 0.330 e. The summed E-state index contributed by atoms with van der Waals surface area (Å²) in [7, 11) is 0. The van der Waals surface area contributed by atoms with Crippen molar-refractivity contribution in [3.05, 3.63) is 23.2 Å². The van der Waals surface area contributed by atoms with E-state index >= 15 is 0 Å². The van der Waals surface area contributed by atoms with Gasteiger partial charge in [-0.25, -0.2) is 0 Å². The molecule has 1 aromatic carbocycles. The van der Waals surface area contributed by atoms with E-state index in [4.69, 9.17) is 28.9 Å². The minimum Gasteiger partial charge on any atom is -0.330 e. The quantitative estimate of drug-likeness (QED) is 0.704.